The molecule has 0 saturated heterocycles. The lowest BCUT2D eigenvalue weighted by atomic mass is 9.79. The summed E-state index contributed by atoms with van der Waals surface area (Å²) in [5, 5.41) is 25.6. The first-order valence-electron chi connectivity index (χ1n) is 28.1. The number of phenolic OH excluding ortho intramolecular Hbond substituents is 2. The highest BCUT2D eigenvalue weighted by Gasteiger charge is 2.29. The first-order valence-corrected chi connectivity index (χ1v) is 30.1. The number of para-hydroxylation sites is 2. The summed E-state index contributed by atoms with van der Waals surface area (Å²) in [6.45, 7) is 28.3. The van der Waals surface area contributed by atoms with Gasteiger partial charge in [0.05, 0.1) is 13.2 Å². The molecule has 408 valence electrons. The van der Waals surface area contributed by atoms with Gasteiger partial charge in [-0.2, -0.15) is 0 Å². The number of phenols is 2. The molecule has 0 heterocycles. The van der Waals surface area contributed by atoms with Crippen molar-refractivity contribution in [1.82, 2.24) is 0 Å². The molecule has 0 fully saturated rings. The zero-order valence-corrected chi connectivity index (χ0v) is 49.9. The van der Waals surface area contributed by atoms with E-state index in [2.05, 4.69) is 156 Å². The van der Waals surface area contributed by atoms with Gasteiger partial charge in [-0.1, -0.05) is 182 Å². The summed E-state index contributed by atoms with van der Waals surface area (Å²) in [5.41, 5.74) is 25.9. The van der Waals surface area contributed by atoms with Gasteiger partial charge in [-0.05, 0) is 150 Å². The van der Waals surface area contributed by atoms with Crippen molar-refractivity contribution in [3.8, 4) is 23.0 Å². The van der Waals surface area contributed by atoms with Crippen molar-refractivity contribution < 1.29 is 19.7 Å². The van der Waals surface area contributed by atoms with Crippen molar-refractivity contribution in [3.05, 3.63) is 164 Å². The zero-order chi connectivity index (χ0) is 55.0. The summed E-state index contributed by atoms with van der Waals surface area (Å²) in [6, 6.07) is 34.4. The van der Waals surface area contributed by atoms with Crippen molar-refractivity contribution in [2.75, 3.05) is 36.2 Å². The van der Waals surface area contributed by atoms with Gasteiger partial charge < -0.3 is 31.2 Å². The largest absolute Gasteiger partial charge is 0.507 e. The van der Waals surface area contributed by atoms with Gasteiger partial charge in [0.25, 0.3) is 0 Å². The molecular formula is C68H90N2O4S2. The molecule has 0 amide bonds. The number of thioether (sulfide) groups is 2. The van der Waals surface area contributed by atoms with E-state index in [4.69, 9.17) is 20.9 Å². The monoisotopic (exact) mass is 1060 g/mol. The Morgan fingerprint density at radius 3 is 0.921 bits per heavy atom. The highest BCUT2D eigenvalue weighted by Crippen LogP contribution is 2.44. The molecule has 0 saturated carbocycles. The van der Waals surface area contributed by atoms with Gasteiger partial charge in [0.1, 0.15) is 23.0 Å². The maximum Gasteiger partial charge on any atom is 0.126 e. The number of nitrogens with two attached hydrogens (primary N) is 2. The van der Waals surface area contributed by atoms with Crippen molar-refractivity contribution in [3.63, 3.8) is 0 Å². The van der Waals surface area contributed by atoms with E-state index >= 15 is 0 Å². The standard InChI is InChI=1S/C68H90N2O4S2/c1-65(2,3)53-37-45-33-49-41-55(67(7,8)9)43-51(63(49)73-29-21-13-15-23-31-75-59-27-19-17-25-57(59)69)35-47-39-54(66(4,5)6)40-48(62(47)72)36-52-44-56(68(10,11)12)42-50(34-46(38-53)61(45)71)64(52)74-30-22-14-16-24-32-76-60-28-20-18-26-58(60)70/h17-20,25-28,37-44,71-72H,13-16,21-24,29-36,69-70H2,1-12H3. The van der Waals surface area contributed by atoms with E-state index in [1.165, 1.54) is 22.3 Å². The average Bonchev–Trinajstić information content (AvgIpc) is 3.33. The molecule has 0 atom stereocenters. The molecule has 8 heteroatoms. The maximum atomic E-state index is 12.8. The number of aromatic hydroxyl groups is 2. The molecule has 1 aliphatic rings. The third-order valence-electron chi connectivity index (χ3n) is 14.9. The second kappa shape index (κ2) is 25.1. The van der Waals surface area contributed by atoms with Crippen molar-refractivity contribution in [2.45, 2.75) is 192 Å². The van der Waals surface area contributed by atoms with E-state index in [0.717, 1.165) is 140 Å². The van der Waals surface area contributed by atoms with E-state index in [9.17, 15) is 10.2 Å². The third-order valence-corrected chi connectivity index (χ3v) is 17.3. The van der Waals surface area contributed by atoms with Crippen LogP contribution in [-0.4, -0.2) is 34.9 Å². The third kappa shape index (κ3) is 15.5. The van der Waals surface area contributed by atoms with Gasteiger partial charge in [-0.3, -0.25) is 0 Å². The Kier molecular flexibility index (Phi) is 19.3. The highest BCUT2D eigenvalue weighted by atomic mass is 32.2. The number of rotatable bonds is 18. The van der Waals surface area contributed by atoms with Crippen LogP contribution in [0.15, 0.2) is 107 Å². The molecule has 0 unspecified atom stereocenters. The van der Waals surface area contributed by atoms with Crippen molar-refractivity contribution in [1.29, 1.82) is 0 Å². The fraction of sp³-hybridized carbons (Fsp3) is 0.471. The van der Waals surface area contributed by atoms with E-state index in [1.54, 1.807) is 0 Å². The Morgan fingerprint density at radius 2 is 0.645 bits per heavy atom. The maximum absolute atomic E-state index is 12.8. The van der Waals surface area contributed by atoms with Gasteiger partial charge in [0.2, 0.25) is 0 Å². The first kappa shape index (κ1) is 58.5. The number of unbranched alkanes of at least 4 members (excludes halogenated alkanes) is 6. The lowest BCUT2D eigenvalue weighted by molar-refractivity contribution is 0.299. The number of benzene rings is 6. The molecular weight excluding hydrogens is 973 g/mol. The molecule has 0 spiro atoms. The first-order chi connectivity index (χ1) is 35.9. The number of ether oxygens (including phenoxy) is 2. The van der Waals surface area contributed by atoms with Crippen LogP contribution in [0, 0.1) is 0 Å². The molecule has 6 aromatic carbocycles. The quantitative estimate of drug-likeness (QED) is 0.0382. The molecule has 6 N–H and O–H groups in total. The summed E-state index contributed by atoms with van der Waals surface area (Å²) in [5.74, 6) is 4.42. The van der Waals surface area contributed by atoms with Crippen LogP contribution in [-0.2, 0) is 47.3 Å². The summed E-state index contributed by atoms with van der Waals surface area (Å²) < 4.78 is 14.2. The normalized spacial score (nSPS) is 13.2. The van der Waals surface area contributed by atoms with E-state index < -0.39 is 0 Å². The topological polar surface area (TPSA) is 111 Å². The molecule has 6 nitrogen and oxygen atoms in total. The minimum Gasteiger partial charge on any atom is -0.507 e. The van der Waals surface area contributed by atoms with Gasteiger partial charge in [0.15, 0.2) is 0 Å². The highest BCUT2D eigenvalue weighted by molar-refractivity contribution is 7.99. The molecule has 7 rings (SSSR count). The van der Waals surface area contributed by atoms with Crippen molar-refractivity contribution in [2.24, 2.45) is 0 Å². The number of nitrogen functional groups attached to an aromatic ring is 2. The average molecular weight is 1060 g/mol. The number of fused-ring (bicyclic) bond motifs is 8. The number of anilines is 2. The van der Waals surface area contributed by atoms with Gasteiger partial charge >= 0.3 is 0 Å². The van der Waals surface area contributed by atoms with Crippen LogP contribution < -0.4 is 20.9 Å². The number of hydrogen-bond donors (Lipinski definition) is 4. The predicted octanol–water partition coefficient (Wildman–Crippen LogP) is 17.6. The minimum atomic E-state index is -0.184. The minimum absolute atomic E-state index is 0.174. The van der Waals surface area contributed by atoms with Crippen molar-refractivity contribution >= 4 is 34.9 Å². The van der Waals surface area contributed by atoms with Crippen LogP contribution >= 0.6 is 23.5 Å². The smallest absolute Gasteiger partial charge is 0.126 e. The van der Waals surface area contributed by atoms with E-state index in [0.29, 0.717) is 50.4 Å². The summed E-state index contributed by atoms with van der Waals surface area (Å²) >= 11 is 3.66. The Bertz CT molecular complexity index is 2630. The summed E-state index contributed by atoms with van der Waals surface area (Å²) in [6.07, 6.45) is 10.3. The fourth-order valence-electron chi connectivity index (χ4n) is 10.1. The zero-order valence-electron chi connectivity index (χ0n) is 48.2. The summed E-state index contributed by atoms with van der Waals surface area (Å²) in [4.78, 5) is 2.30. The summed E-state index contributed by atoms with van der Waals surface area (Å²) in [7, 11) is 0. The Morgan fingerprint density at radius 1 is 0.382 bits per heavy atom. The van der Waals surface area contributed by atoms with Crippen LogP contribution in [0.2, 0.25) is 0 Å². The van der Waals surface area contributed by atoms with Crippen LogP contribution in [0.3, 0.4) is 0 Å². The van der Waals surface area contributed by atoms with Gasteiger partial charge in [0, 0.05) is 46.8 Å². The Hall–Kier alpha value is -5.18. The van der Waals surface area contributed by atoms with E-state index in [-0.39, 0.29) is 21.7 Å². The van der Waals surface area contributed by atoms with Crippen LogP contribution in [0.5, 0.6) is 23.0 Å². The number of hydrogen-bond acceptors (Lipinski definition) is 8. The second-order valence-electron chi connectivity index (χ2n) is 25.5. The Labute approximate surface area is 466 Å². The molecule has 1 aliphatic carbocycles. The van der Waals surface area contributed by atoms with Gasteiger partial charge in [-0.15, -0.1) is 23.5 Å². The molecule has 0 aromatic heterocycles. The van der Waals surface area contributed by atoms with E-state index in [1.807, 2.05) is 47.8 Å². The fourth-order valence-corrected chi connectivity index (χ4v) is 12.0. The predicted molar refractivity (Wildman–Crippen MR) is 326 cm³/mol. The second-order valence-corrected chi connectivity index (χ2v) is 27.8. The van der Waals surface area contributed by atoms with Crippen LogP contribution in [0.1, 0.15) is 201 Å². The Balaban J connectivity index is 1.29. The van der Waals surface area contributed by atoms with Crippen LogP contribution in [0.4, 0.5) is 11.4 Å². The van der Waals surface area contributed by atoms with Gasteiger partial charge in [-0.25, -0.2) is 0 Å². The molecule has 76 heavy (non-hydrogen) atoms. The molecule has 6 aromatic rings. The SMILES string of the molecule is CC(C)(C)c1cc2c(O)c(c1)Cc1cc(C(C)(C)C)cc(c1OCCCCCCSc1ccccc1N)Cc1cc(C(C)(C)C)cc(c1O)Cc1cc(C(C)(C)C)cc(c1OCCCCCCSc1ccccc1N)C2. The lowest BCUT2D eigenvalue weighted by Crippen LogP contribution is -2.17. The molecule has 0 radical (unpaired) electrons. The molecule has 0 aliphatic heterocycles. The van der Waals surface area contributed by atoms with Crippen LogP contribution in [0.25, 0.3) is 0 Å². The molecule has 8 bridgehead atoms. The lowest BCUT2D eigenvalue weighted by Gasteiger charge is -2.28.